The van der Waals surface area contributed by atoms with E-state index >= 15 is 0 Å². The van der Waals surface area contributed by atoms with E-state index < -0.39 is 0 Å². The van der Waals surface area contributed by atoms with Gasteiger partial charge < -0.3 is 10.5 Å². The molecule has 0 spiro atoms. The molecule has 7 heteroatoms. The van der Waals surface area contributed by atoms with Gasteiger partial charge >= 0.3 is 0 Å². The first kappa shape index (κ1) is 30.0. The van der Waals surface area contributed by atoms with E-state index in [0.29, 0.717) is 29.8 Å². The Balaban J connectivity index is 1.57. The standard InChI is InChI=1S/C33H45N5OS/c1-11-24-16-23(27(31(2,3)4)28(37-24)32(5,6)7)20-39-25-17-22(18-35-29(25)34)26-19-36-30(40-26)21-12-14-38(15-13-21)33(8,9)10/h1,16-19,21H,12-15,20H2,2-10H3,(H2,34,35). The minimum atomic E-state index is -0.169. The van der Waals surface area contributed by atoms with Crippen molar-refractivity contribution in [2.24, 2.45) is 0 Å². The lowest BCUT2D eigenvalue weighted by molar-refractivity contribution is 0.102. The Kier molecular flexibility index (Phi) is 8.36. The zero-order valence-electron chi connectivity index (χ0n) is 25.7. The summed E-state index contributed by atoms with van der Waals surface area (Å²) in [6.07, 6.45) is 11.8. The van der Waals surface area contributed by atoms with E-state index in [-0.39, 0.29) is 16.4 Å². The number of pyridine rings is 2. The Morgan fingerprint density at radius 3 is 2.25 bits per heavy atom. The maximum absolute atomic E-state index is 6.35. The molecule has 1 saturated heterocycles. The molecular formula is C33H45N5OS. The van der Waals surface area contributed by atoms with Crippen molar-refractivity contribution in [2.75, 3.05) is 18.8 Å². The quantitative estimate of drug-likeness (QED) is 0.330. The molecule has 0 amide bonds. The first-order chi connectivity index (χ1) is 18.6. The predicted molar refractivity (Wildman–Crippen MR) is 167 cm³/mol. The van der Waals surface area contributed by atoms with E-state index in [0.717, 1.165) is 53.2 Å². The maximum Gasteiger partial charge on any atom is 0.166 e. The molecule has 1 fully saturated rings. The van der Waals surface area contributed by atoms with Gasteiger partial charge in [-0.1, -0.05) is 47.5 Å². The molecule has 3 aromatic heterocycles. The van der Waals surface area contributed by atoms with Crippen LogP contribution in [-0.2, 0) is 17.4 Å². The maximum atomic E-state index is 6.35. The molecule has 0 aliphatic carbocycles. The van der Waals surface area contributed by atoms with Crippen molar-refractivity contribution >= 4 is 17.2 Å². The van der Waals surface area contributed by atoms with E-state index in [9.17, 15) is 0 Å². The van der Waals surface area contributed by atoms with Gasteiger partial charge in [0.2, 0.25) is 0 Å². The lowest BCUT2D eigenvalue weighted by atomic mass is 9.76. The SMILES string of the molecule is C#Cc1cc(COc2cc(-c3cnc(C4CCN(C(C)(C)C)CC4)s3)cnc2N)c(C(C)(C)C)c(C(C)(C)C)n1. The van der Waals surface area contributed by atoms with Gasteiger partial charge in [-0.2, -0.15) is 0 Å². The minimum Gasteiger partial charge on any atom is -0.485 e. The first-order valence-corrected chi connectivity index (χ1v) is 15.0. The summed E-state index contributed by atoms with van der Waals surface area (Å²) in [5.41, 5.74) is 10.9. The summed E-state index contributed by atoms with van der Waals surface area (Å²) in [5, 5.41) is 1.20. The first-order valence-electron chi connectivity index (χ1n) is 14.2. The smallest absolute Gasteiger partial charge is 0.166 e. The number of piperidine rings is 1. The molecule has 0 radical (unpaired) electrons. The second-order valence-corrected chi connectivity index (χ2v) is 15.0. The molecule has 0 bridgehead atoms. The normalized spacial score (nSPS) is 15.7. The fraction of sp³-hybridized carbons (Fsp3) is 0.545. The molecule has 2 N–H and O–H groups in total. The van der Waals surface area contributed by atoms with Gasteiger partial charge in [-0.3, -0.25) is 4.90 Å². The van der Waals surface area contributed by atoms with Crippen molar-refractivity contribution in [2.45, 2.75) is 104 Å². The molecule has 6 nitrogen and oxygen atoms in total. The van der Waals surface area contributed by atoms with Crippen LogP contribution in [0.15, 0.2) is 24.5 Å². The van der Waals surface area contributed by atoms with Gasteiger partial charge in [0.05, 0.1) is 15.6 Å². The number of rotatable bonds is 5. The van der Waals surface area contributed by atoms with Gasteiger partial charge in [-0.15, -0.1) is 17.8 Å². The summed E-state index contributed by atoms with van der Waals surface area (Å²) in [7, 11) is 0. The van der Waals surface area contributed by atoms with E-state index in [1.807, 2.05) is 24.5 Å². The number of aromatic nitrogens is 3. The molecular weight excluding hydrogens is 514 g/mol. The summed E-state index contributed by atoms with van der Waals surface area (Å²) in [6, 6.07) is 3.94. The number of nitrogens with two attached hydrogens (primary N) is 1. The van der Waals surface area contributed by atoms with Gasteiger partial charge in [0.15, 0.2) is 11.6 Å². The third-order valence-electron chi connectivity index (χ3n) is 7.58. The number of nitrogen functional groups attached to an aromatic ring is 1. The molecule has 0 saturated carbocycles. The van der Waals surface area contributed by atoms with Crippen molar-refractivity contribution in [3.63, 3.8) is 0 Å². The fourth-order valence-corrected chi connectivity index (χ4v) is 6.50. The number of nitrogens with zero attached hydrogens (tertiary/aromatic N) is 4. The van der Waals surface area contributed by atoms with Crippen LogP contribution in [0.2, 0.25) is 0 Å². The second kappa shape index (κ2) is 11.1. The van der Waals surface area contributed by atoms with Crippen LogP contribution in [-0.4, -0.2) is 38.5 Å². The molecule has 1 aliphatic heterocycles. The van der Waals surface area contributed by atoms with Crippen LogP contribution in [0.3, 0.4) is 0 Å². The average molecular weight is 560 g/mol. The Bertz CT molecular complexity index is 1390. The molecule has 40 heavy (non-hydrogen) atoms. The van der Waals surface area contributed by atoms with Crippen LogP contribution in [0, 0.1) is 12.3 Å². The molecule has 214 valence electrons. The van der Waals surface area contributed by atoms with Crippen LogP contribution in [0.25, 0.3) is 10.4 Å². The van der Waals surface area contributed by atoms with Gasteiger partial charge in [0.25, 0.3) is 0 Å². The van der Waals surface area contributed by atoms with E-state index in [1.54, 1.807) is 11.3 Å². The number of ether oxygens (including phenoxy) is 1. The van der Waals surface area contributed by atoms with Crippen LogP contribution < -0.4 is 10.5 Å². The Hall–Kier alpha value is -2.95. The summed E-state index contributed by atoms with van der Waals surface area (Å²) < 4.78 is 6.35. The highest BCUT2D eigenvalue weighted by atomic mass is 32.1. The molecule has 4 rings (SSSR count). The van der Waals surface area contributed by atoms with Crippen LogP contribution in [0.4, 0.5) is 5.82 Å². The number of likely N-dealkylation sites (tertiary alicyclic amines) is 1. The number of anilines is 1. The van der Waals surface area contributed by atoms with Gasteiger partial charge in [0.1, 0.15) is 12.3 Å². The molecule has 4 heterocycles. The summed E-state index contributed by atoms with van der Waals surface area (Å²) in [5.74, 6) is 4.15. The second-order valence-electron chi connectivity index (χ2n) is 13.9. The van der Waals surface area contributed by atoms with Crippen molar-refractivity contribution in [1.82, 2.24) is 19.9 Å². The number of hydrogen-bond donors (Lipinski definition) is 1. The Morgan fingerprint density at radius 1 is 1.00 bits per heavy atom. The van der Waals surface area contributed by atoms with Gasteiger partial charge in [-0.05, 0) is 75.4 Å². The van der Waals surface area contributed by atoms with Crippen molar-refractivity contribution in [3.8, 4) is 28.5 Å². The highest BCUT2D eigenvalue weighted by Crippen LogP contribution is 2.39. The summed E-state index contributed by atoms with van der Waals surface area (Å²) in [4.78, 5) is 17.8. The fourth-order valence-electron chi connectivity index (χ4n) is 5.43. The highest BCUT2D eigenvalue weighted by molar-refractivity contribution is 7.15. The molecule has 1 aliphatic rings. The van der Waals surface area contributed by atoms with Crippen molar-refractivity contribution in [1.29, 1.82) is 0 Å². The third kappa shape index (κ3) is 6.67. The lowest BCUT2D eigenvalue weighted by Crippen LogP contribution is -2.45. The van der Waals surface area contributed by atoms with Crippen molar-refractivity contribution < 1.29 is 4.74 Å². The van der Waals surface area contributed by atoms with Crippen LogP contribution in [0.5, 0.6) is 5.75 Å². The lowest BCUT2D eigenvalue weighted by Gasteiger charge is -2.40. The minimum absolute atomic E-state index is 0.144. The van der Waals surface area contributed by atoms with E-state index in [2.05, 4.69) is 78.1 Å². The zero-order chi connectivity index (χ0) is 29.5. The Labute approximate surface area is 244 Å². The predicted octanol–water partition coefficient (Wildman–Crippen LogP) is 7.32. The molecule has 3 aromatic rings. The largest absolute Gasteiger partial charge is 0.485 e. The van der Waals surface area contributed by atoms with Crippen LogP contribution in [0.1, 0.15) is 109 Å². The van der Waals surface area contributed by atoms with E-state index in [1.165, 1.54) is 5.01 Å². The highest BCUT2D eigenvalue weighted by Gasteiger charge is 2.31. The molecule has 0 atom stereocenters. The summed E-state index contributed by atoms with van der Waals surface area (Å²) >= 11 is 1.75. The van der Waals surface area contributed by atoms with Crippen molar-refractivity contribution in [3.05, 3.63) is 52.0 Å². The monoisotopic (exact) mass is 559 g/mol. The molecule has 0 unspecified atom stereocenters. The van der Waals surface area contributed by atoms with Gasteiger partial charge in [0, 0.05) is 34.8 Å². The number of hydrogen-bond acceptors (Lipinski definition) is 7. The summed E-state index contributed by atoms with van der Waals surface area (Å²) in [6.45, 7) is 22.5. The Morgan fingerprint density at radius 2 is 1.68 bits per heavy atom. The number of terminal acetylenes is 1. The molecule has 0 aromatic carbocycles. The average Bonchev–Trinajstić information content (AvgIpc) is 3.36. The number of thiazole rings is 1. The van der Waals surface area contributed by atoms with Crippen LogP contribution >= 0.6 is 11.3 Å². The van der Waals surface area contributed by atoms with E-state index in [4.69, 9.17) is 26.9 Å². The zero-order valence-corrected chi connectivity index (χ0v) is 26.5. The van der Waals surface area contributed by atoms with Gasteiger partial charge in [-0.25, -0.2) is 15.0 Å². The topological polar surface area (TPSA) is 77.2 Å². The third-order valence-corrected chi connectivity index (χ3v) is 8.78.